The van der Waals surface area contributed by atoms with Crippen molar-refractivity contribution in [1.29, 1.82) is 0 Å². The number of allylic oxidation sites excluding steroid dienone is 8. The molecule has 0 saturated carbocycles. The molecule has 0 aromatic carbocycles. The third kappa shape index (κ3) is 20.3. The molecule has 0 bridgehead atoms. The van der Waals surface area contributed by atoms with Crippen LogP contribution in [0.25, 0.3) is 0 Å². The molecule has 0 aliphatic heterocycles. The van der Waals surface area contributed by atoms with Gasteiger partial charge in [-0.25, -0.2) is 24.3 Å². The molecule has 0 heterocycles. The fraction of sp³-hybridized carbons (Fsp3) is 0.167. The zero-order chi connectivity index (χ0) is 9.07. The van der Waals surface area contributed by atoms with Crippen LogP contribution in [0.3, 0.4) is 0 Å². The predicted molar refractivity (Wildman–Crippen MR) is 54.4 cm³/mol. The topological polar surface area (TPSA) is 0 Å². The maximum Gasteiger partial charge on any atom is 4.00 e. The maximum atomic E-state index is 3.00. The Morgan fingerprint density at radius 2 is 1.13 bits per heavy atom. The summed E-state index contributed by atoms with van der Waals surface area (Å²) in [5.41, 5.74) is 0. The minimum Gasteiger partial charge on any atom is -1.00 e. The molecule has 0 atom stereocenters. The van der Waals surface area contributed by atoms with Gasteiger partial charge in [0.05, 0.1) is 0 Å². The molecular formula is C12H14Cl2Hf. The minimum absolute atomic E-state index is 0. The van der Waals surface area contributed by atoms with E-state index in [1.807, 2.05) is 24.3 Å². The van der Waals surface area contributed by atoms with Crippen LogP contribution in [-0.2, 0) is 25.8 Å². The van der Waals surface area contributed by atoms with Crippen LogP contribution in [0.2, 0.25) is 0 Å². The molecule has 0 radical (unpaired) electrons. The molecule has 0 fully saturated rings. The summed E-state index contributed by atoms with van der Waals surface area (Å²) in [6.45, 7) is 6.00. The van der Waals surface area contributed by atoms with Crippen molar-refractivity contribution in [1.82, 2.24) is 0 Å². The molecule has 0 saturated heterocycles. The fourth-order valence-corrected chi connectivity index (χ4v) is 0.680. The standard InChI is InChI=1S/2C5H5.C2H4.2ClH.Hf/c2*1-2-4-5-3-1;1-2;;;/h2*1-3H,4H2;1-2H2;2*1H;/q2*-1;;;;+4/p-2. The molecule has 0 aromatic heterocycles. The van der Waals surface area contributed by atoms with Gasteiger partial charge in [0.25, 0.3) is 0 Å². The Bertz CT molecular complexity index is 164. The molecule has 0 N–H and O–H groups in total. The zero-order valence-corrected chi connectivity index (χ0v) is 13.7. The molecule has 0 aromatic rings. The van der Waals surface area contributed by atoms with Crippen LogP contribution in [0, 0.1) is 12.2 Å². The van der Waals surface area contributed by atoms with Gasteiger partial charge in [-0.05, 0) is 0 Å². The van der Waals surface area contributed by atoms with Crippen molar-refractivity contribution in [2.24, 2.45) is 0 Å². The van der Waals surface area contributed by atoms with Crippen LogP contribution < -0.4 is 24.8 Å². The van der Waals surface area contributed by atoms with E-state index in [1.165, 1.54) is 0 Å². The average molecular weight is 408 g/mol. The van der Waals surface area contributed by atoms with Crippen molar-refractivity contribution < 1.29 is 50.7 Å². The van der Waals surface area contributed by atoms with Gasteiger partial charge in [-0.2, -0.15) is 12.2 Å². The van der Waals surface area contributed by atoms with Crippen molar-refractivity contribution in [3.63, 3.8) is 0 Å². The van der Waals surface area contributed by atoms with E-state index in [1.54, 1.807) is 0 Å². The molecular weight excluding hydrogens is 394 g/mol. The number of hydrogen-bond acceptors (Lipinski definition) is 0. The van der Waals surface area contributed by atoms with E-state index in [0.29, 0.717) is 0 Å². The SMILES string of the molecule is C=C.[C-]1=CC=CC1.[C-]1=CC=CC1.[Cl-].[Cl-].[Hf+4]. The summed E-state index contributed by atoms with van der Waals surface area (Å²) in [5.74, 6) is 0. The number of halogens is 2. The van der Waals surface area contributed by atoms with Crippen molar-refractivity contribution in [3.05, 3.63) is 61.8 Å². The van der Waals surface area contributed by atoms with Gasteiger partial charge in [-0.1, -0.05) is 0 Å². The normalized spacial score (nSPS) is 12.0. The summed E-state index contributed by atoms with van der Waals surface area (Å²) in [6, 6.07) is 0. The smallest absolute Gasteiger partial charge is 1.00 e. The Morgan fingerprint density at radius 1 is 0.800 bits per heavy atom. The van der Waals surface area contributed by atoms with E-state index < -0.39 is 0 Å². The Labute approximate surface area is 125 Å². The first-order valence-corrected chi connectivity index (χ1v) is 3.93. The van der Waals surface area contributed by atoms with E-state index in [0.717, 1.165) is 12.8 Å². The molecule has 2 aliphatic carbocycles. The van der Waals surface area contributed by atoms with Crippen molar-refractivity contribution in [2.45, 2.75) is 12.8 Å². The Balaban J connectivity index is -0.0000000592. The van der Waals surface area contributed by atoms with Crippen LogP contribution in [0.5, 0.6) is 0 Å². The molecule has 15 heavy (non-hydrogen) atoms. The van der Waals surface area contributed by atoms with E-state index >= 15 is 0 Å². The van der Waals surface area contributed by atoms with Gasteiger partial charge in [-0.3, -0.25) is 12.2 Å². The van der Waals surface area contributed by atoms with Crippen molar-refractivity contribution in [2.75, 3.05) is 0 Å². The van der Waals surface area contributed by atoms with E-state index in [9.17, 15) is 0 Å². The second kappa shape index (κ2) is 23.8. The van der Waals surface area contributed by atoms with Crippen molar-refractivity contribution >= 4 is 0 Å². The van der Waals surface area contributed by atoms with Gasteiger partial charge in [0, 0.05) is 0 Å². The number of rotatable bonds is 0. The zero-order valence-electron chi connectivity index (χ0n) is 8.55. The van der Waals surface area contributed by atoms with Gasteiger partial charge in [0.15, 0.2) is 0 Å². The summed E-state index contributed by atoms with van der Waals surface area (Å²) in [6.07, 6.45) is 20.0. The Morgan fingerprint density at radius 3 is 1.20 bits per heavy atom. The summed E-state index contributed by atoms with van der Waals surface area (Å²) >= 11 is 0. The summed E-state index contributed by atoms with van der Waals surface area (Å²) in [5, 5.41) is 0. The van der Waals surface area contributed by atoms with Crippen molar-refractivity contribution in [3.8, 4) is 0 Å². The Hall–Kier alpha value is 0.150. The maximum absolute atomic E-state index is 3.00. The van der Waals surface area contributed by atoms with Gasteiger partial charge in [0.1, 0.15) is 0 Å². The second-order valence-corrected chi connectivity index (χ2v) is 2.01. The van der Waals surface area contributed by atoms with Crippen LogP contribution in [0.1, 0.15) is 12.8 Å². The van der Waals surface area contributed by atoms with Gasteiger partial charge < -0.3 is 24.8 Å². The Kier molecular flexibility index (Phi) is 38.6. The summed E-state index contributed by atoms with van der Waals surface area (Å²) in [7, 11) is 0. The molecule has 0 spiro atoms. The minimum atomic E-state index is 0. The molecule has 0 amide bonds. The third-order valence-electron chi connectivity index (χ3n) is 1.17. The number of hydrogen-bond donors (Lipinski definition) is 0. The van der Waals surface area contributed by atoms with Crippen LogP contribution in [0.4, 0.5) is 0 Å². The van der Waals surface area contributed by atoms with Gasteiger partial charge in [-0.15, -0.1) is 26.0 Å². The fourth-order valence-electron chi connectivity index (χ4n) is 0.680. The van der Waals surface area contributed by atoms with Gasteiger partial charge >= 0.3 is 25.8 Å². The molecule has 2 rings (SSSR count). The monoisotopic (exact) mass is 408 g/mol. The van der Waals surface area contributed by atoms with E-state index in [-0.39, 0.29) is 50.7 Å². The average Bonchev–Trinajstić information content (AvgIpc) is 2.87. The quantitative estimate of drug-likeness (QED) is 0.235. The first-order chi connectivity index (χ1) is 6.00. The van der Waals surface area contributed by atoms with Crippen LogP contribution >= 0.6 is 0 Å². The largest absolute Gasteiger partial charge is 4.00 e. The first-order valence-electron chi connectivity index (χ1n) is 3.93. The predicted octanol–water partition coefficient (Wildman–Crippen LogP) is -2.58. The molecule has 80 valence electrons. The molecule has 0 nitrogen and oxygen atoms in total. The second-order valence-electron chi connectivity index (χ2n) is 2.01. The summed E-state index contributed by atoms with van der Waals surface area (Å²) < 4.78 is 0. The molecule has 3 heteroatoms. The van der Waals surface area contributed by atoms with Crippen LogP contribution in [0.15, 0.2) is 49.6 Å². The first kappa shape index (κ1) is 24.4. The molecule has 0 unspecified atom stereocenters. The summed E-state index contributed by atoms with van der Waals surface area (Å²) in [4.78, 5) is 0. The third-order valence-corrected chi connectivity index (χ3v) is 1.17. The van der Waals surface area contributed by atoms with E-state index in [4.69, 9.17) is 0 Å². The molecule has 2 aliphatic rings. The van der Waals surface area contributed by atoms with Gasteiger partial charge in [0.2, 0.25) is 0 Å². The van der Waals surface area contributed by atoms with E-state index in [2.05, 4.69) is 37.5 Å². The van der Waals surface area contributed by atoms with Crippen LogP contribution in [-0.4, -0.2) is 0 Å².